The van der Waals surface area contributed by atoms with E-state index in [4.69, 9.17) is 4.43 Å². The predicted molar refractivity (Wildman–Crippen MR) is 165 cm³/mol. The highest BCUT2D eigenvalue weighted by Crippen LogP contribution is 2.40. The quantitative estimate of drug-likeness (QED) is 0.329. The van der Waals surface area contributed by atoms with Crippen LogP contribution < -0.4 is 16.0 Å². The molecule has 2 aromatic rings. The van der Waals surface area contributed by atoms with Gasteiger partial charge >= 0.3 is 12.2 Å². The van der Waals surface area contributed by atoms with E-state index < -0.39 is 31.6 Å². The monoisotopic (exact) mass is 624 g/mol. The molecule has 0 radical (unpaired) electrons. The van der Waals surface area contributed by atoms with Gasteiger partial charge in [-0.05, 0) is 82.8 Å². The highest BCUT2D eigenvalue weighted by atomic mass is 28.4. The van der Waals surface area contributed by atoms with Crippen LogP contribution in [0.25, 0.3) is 10.9 Å². The van der Waals surface area contributed by atoms with Crippen molar-refractivity contribution in [2.24, 2.45) is 0 Å². The highest BCUT2D eigenvalue weighted by Gasteiger charge is 2.42. The van der Waals surface area contributed by atoms with Crippen molar-refractivity contribution in [2.75, 3.05) is 25.0 Å². The molecule has 2 heterocycles. The highest BCUT2D eigenvalue weighted by molar-refractivity contribution is 6.74. The first-order valence-electron chi connectivity index (χ1n) is 15.1. The van der Waals surface area contributed by atoms with Crippen LogP contribution in [-0.4, -0.2) is 78.3 Å². The van der Waals surface area contributed by atoms with Gasteiger partial charge in [-0.1, -0.05) is 20.8 Å². The Bertz CT molecular complexity index is 1320. The second-order valence-corrected chi connectivity index (χ2v) is 19.2. The van der Waals surface area contributed by atoms with E-state index in [1.807, 2.05) is 4.90 Å². The normalized spacial score (nSPS) is 20.5. The summed E-state index contributed by atoms with van der Waals surface area (Å²) in [4.78, 5) is 28.6. The zero-order chi connectivity index (χ0) is 32.0. The van der Waals surface area contributed by atoms with Crippen molar-refractivity contribution in [3.8, 4) is 0 Å². The number of halogens is 3. The summed E-state index contributed by atoms with van der Waals surface area (Å²) in [6.45, 7) is 17.9. The molecule has 1 saturated carbocycles. The number of anilines is 1. The zero-order valence-electron chi connectivity index (χ0n) is 26.6. The van der Waals surface area contributed by atoms with Crippen LogP contribution in [0.3, 0.4) is 0 Å². The van der Waals surface area contributed by atoms with Crippen molar-refractivity contribution in [1.29, 1.82) is 0 Å². The van der Waals surface area contributed by atoms with Gasteiger partial charge in [0.05, 0.1) is 23.7 Å². The van der Waals surface area contributed by atoms with Gasteiger partial charge in [-0.2, -0.15) is 17.9 Å². The van der Waals surface area contributed by atoms with Crippen molar-refractivity contribution in [3.05, 3.63) is 23.8 Å². The molecule has 13 heteroatoms. The van der Waals surface area contributed by atoms with Crippen molar-refractivity contribution >= 4 is 37.0 Å². The summed E-state index contributed by atoms with van der Waals surface area (Å²) < 4.78 is 48.4. The number of hydrogen-bond acceptors (Lipinski definition) is 6. The summed E-state index contributed by atoms with van der Waals surface area (Å²) in [5.41, 5.74) is -1.23. The topological polar surface area (TPSA) is 101 Å². The van der Waals surface area contributed by atoms with E-state index in [9.17, 15) is 22.8 Å². The summed E-state index contributed by atoms with van der Waals surface area (Å²) in [6, 6.07) is 2.67. The van der Waals surface area contributed by atoms with E-state index in [0.717, 1.165) is 42.5 Å². The Kier molecular flexibility index (Phi) is 9.31. The fourth-order valence-corrected chi connectivity index (χ4v) is 6.84. The molecular formula is C30H47F3N6O3Si. The Morgan fingerprint density at radius 2 is 1.67 bits per heavy atom. The molecule has 0 spiro atoms. The number of nitrogens with one attached hydrogen (secondary N) is 3. The number of hydrogen-bond donors (Lipinski definition) is 3. The molecule has 4 rings (SSSR count). The molecule has 9 nitrogen and oxygen atoms in total. The zero-order valence-corrected chi connectivity index (χ0v) is 27.6. The number of nitrogens with zero attached hydrogens (tertiary/aromatic N) is 3. The standard InChI is InChI=1S/C30H47F3N6O3Si/c1-28(2,3)36-27(41)39-24-14-9-19(30(31,32)33)15-23(24)26(37-39)35-18-25(40)38(21-16-34-17-21)20-10-12-22(13-11-20)42-43(7,8)29(4,5)6/h9,14-15,20-22,34H,10-13,16-18H2,1-8H3,(H,35,37)(H,36,41). The lowest BCUT2D eigenvalue weighted by Gasteiger charge is -2.46. The van der Waals surface area contributed by atoms with Crippen LogP contribution in [0.5, 0.6) is 0 Å². The Labute approximate surface area is 253 Å². The van der Waals surface area contributed by atoms with E-state index >= 15 is 0 Å². The molecule has 2 amide bonds. The van der Waals surface area contributed by atoms with Gasteiger partial charge in [-0.3, -0.25) is 4.79 Å². The minimum Gasteiger partial charge on any atom is -0.414 e. The minimum atomic E-state index is -4.57. The maximum atomic E-state index is 13.7. The largest absolute Gasteiger partial charge is 0.416 e. The Hall–Kier alpha value is -2.64. The average molecular weight is 625 g/mol. The molecule has 240 valence electrons. The molecule has 0 bridgehead atoms. The second-order valence-electron chi connectivity index (χ2n) is 14.4. The fourth-order valence-electron chi connectivity index (χ4n) is 5.41. The maximum absolute atomic E-state index is 13.7. The summed E-state index contributed by atoms with van der Waals surface area (Å²) in [7, 11) is -1.90. The smallest absolute Gasteiger partial charge is 0.414 e. The molecule has 1 saturated heterocycles. The summed E-state index contributed by atoms with van der Waals surface area (Å²) in [5, 5.41) is 13.6. The number of fused-ring (bicyclic) bond motifs is 1. The molecule has 1 aromatic heterocycles. The van der Waals surface area contributed by atoms with E-state index in [0.29, 0.717) is 13.1 Å². The molecule has 0 atom stereocenters. The number of benzene rings is 1. The molecule has 43 heavy (non-hydrogen) atoms. The molecule has 2 aliphatic rings. The van der Waals surface area contributed by atoms with Crippen LogP contribution in [0.2, 0.25) is 18.1 Å². The van der Waals surface area contributed by atoms with Crippen molar-refractivity contribution in [3.63, 3.8) is 0 Å². The van der Waals surface area contributed by atoms with Crippen molar-refractivity contribution in [2.45, 2.75) is 115 Å². The molecule has 1 aliphatic heterocycles. The van der Waals surface area contributed by atoms with Crippen LogP contribution in [0.4, 0.5) is 23.8 Å². The molecule has 0 unspecified atom stereocenters. The lowest BCUT2D eigenvalue weighted by molar-refractivity contribution is -0.138. The van der Waals surface area contributed by atoms with Crippen LogP contribution in [0.15, 0.2) is 18.2 Å². The van der Waals surface area contributed by atoms with E-state index in [-0.39, 0.29) is 52.4 Å². The first-order valence-corrected chi connectivity index (χ1v) is 18.0. The van der Waals surface area contributed by atoms with E-state index in [2.05, 4.69) is 54.9 Å². The third kappa shape index (κ3) is 7.72. The maximum Gasteiger partial charge on any atom is 0.416 e. The molecule has 2 fully saturated rings. The average Bonchev–Trinajstić information content (AvgIpc) is 3.21. The Morgan fingerprint density at radius 3 is 2.19 bits per heavy atom. The van der Waals surface area contributed by atoms with Gasteiger partial charge in [0.25, 0.3) is 0 Å². The van der Waals surface area contributed by atoms with Gasteiger partial charge < -0.3 is 25.3 Å². The molecule has 1 aromatic carbocycles. The van der Waals surface area contributed by atoms with Crippen LogP contribution >= 0.6 is 0 Å². The van der Waals surface area contributed by atoms with E-state index in [1.165, 1.54) is 6.07 Å². The number of alkyl halides is 3. The Morgan fingerprint density at radius 1 is 1.05 bits per heavy atom. The predicted octanol–water partition coefficient (Wildman–Crippen LogP) is 5.96. The van der Waals surface area contributed by atoms with Crippen molar-refractivity contribution in [1.82, 2.24) is 25.3 Å². The summed E-state index contributed by atoms with van der Waals surface area (Å²) in [5.74, 6) is -0.0919. The molecule has 3 N–H and O–H groups in total. The first-order chi connectivity index (χ1) is 19.8. The first kappa shape index (κ1) is 33.3. The lowest BCUT2D eigenvalue weighted by Crippen LogP contribution is -2.63. The molecule has 1 aliphatic carbocycles. The van der Waals surface area contributed by atoms with Gasteiger partial charge in [-0.25, -0.2) is 4.79 Å². The van der Waals surface area contributed by atoms with Gasteiger partial charge in [0.2, 0.25) is 5.91 Å². The minimum absolute atomic E-state index is 0.0525. The van der Waals surface area contributed by atoms with Crippen LogP contribution in [0.1, 0.15) is 72.8 Å². The van der Waals surface area contributed by atoms with Gasteiger partial charge in [0.15, 0.2) is 14.1 Å². The number of rotatable bonds is 7. The number of carbonyl (C=O) groups is 2. The lowest BCUT2D eigenvalue weighted by atomic mass is 9.90. The van der Waals surface area contributed by atoms with Gasteiger partial charge in [-0.15, -0.1) is 5.10 Å². The number of carbonyl (C=O) groups excluding carboxylic acids is 2. The fraction of sp³-hybridized carbons (Fsp3) is 0.700. The second kappa shape index (κ2) is 12.0. The SMILES string of the molecule is CC(C)(C)NC(=O)n1nc(NCC(=O)N(C2CCC(O[Si](C)(C)C(C)(C)C)CC2)C2CNC2)c2cc(C(F)(F)F)ccc21. The van der Waals surface area contributed by atoms with Crippen LogP contribution in [0, 0.1) is 0 Å². The van der Waals surface area contributed by atoms with Gasteiger partial charge in [0.1, 0.15) is 0 Å². The molecular weight excluding hydrogens is 577 g/mol. The summed E-state index contributed by atoms with van der Waals surface area (Å²) >= 11 is 0. The van der Waals surface area contributed by atoms with Crippen molar-refractivity contribution < 1.29 is 27.2 Å². The number of aromatic nitrogens is 2. The third-order valence-electron chi connectivity index (χ3n) is 8.83. The Balaban J connectivity index is 1.51. The van der Waals surface area contributed by atoms with Gasteiger partial charge in [0, 0.05) is 36.2 Å². The third-order valence-corrected chi connectivity index (χ3v) is 13.4. The number of amides is 2. The van der Waals surface area contributed by atoms with Crippen LogP contribution in [-0.2, 0) is 15.4 Å². The summed E-state index contributed by atoms with van der Waals surface area (Å²) in [6.07, 6.45) is -0.955. The van der Waals surface area contributed by atoms with E-state index in [1.54, 1.807) is 20.8 Å².